The van der Waals surface area contributed by atoms with E-state index in [0.29, 0.717) is 6.42 Å². The van der Waals surface area contributed by atoms with Crippen LogP contribution in [0.25, 0.3) is 11.4 Å². The number of thiophene rings is 1. The quantitative estimate of drug-likeness (QED) is 0.558. The van der Waals surface area contributed by atoms with Crippen molar-refractivity contribution < 1.29 is 5.11 Å². The molecule has 0 aliphatic rings. The van der Waals surface area contributed by atoms with Gasteiger partial charge in [0.2, 0.25) is 0 Å². The summed E-state index contributed by atoms with van der Waals surface area (Å²) in [6.07, 6.45) is 2.94. The highest BCUT2D eigenvalue weighted by atomic mass is 32.1. The Kier molecular flexibility index (Phi) is 5.81. The fourth-order valence-corrected chi connectivity index (χ4v) is 3.42. The zero-order valence-corrected chi connectivity index (χ0v) is 15.9. The molecule has 2 heterocycles. The van der Waals surface area contributed by atoms with Crippen LogP contribution in [0, 0.1) is 0 Å². The van der Waals surface area contributed by atoms with Crippen LogP contribution in [0.5, 0.6) is 0 Å². The van der Waals surface area contributed by atoms with Crippen molar-refractivity contribution in [2.45, 2.75) is 32.8 Å². The van der Waals surface area contributed by atoms with E-state index in [-0.39, 0.29) is 0 Å². The number of nitrogens with one attached hydrogen (secondary N) is 1. The molecule has 1 atom stereocenters. The Balaban J connectivity index is 2.02. The summed E-state index contributed by atoms with van der Waals surface area (Å²) in [5, 5.41) is 17.2. The first-order valence-corrected chi connectivity index (χ1v) is 9.65. The minimum atomic E-state index is -0.476. The maximum Gasteiger partial charge on any atom is 0.162 e. The van der Waals surface area contributed by atoms with Gasteiger partial charge in [0.05, 0.1) is 6.10 Å². The number of aryl methyl sites for hydroxylation is 1. The molecule has 5 heteroatoms. The molecule has 0 bridgehead atoms. The Morgan fingerprint density at radius 2 is 2.00 bits per heavy atom. The highest BCUT2D eigenvalue weighted by Gasteiger charge is 2.14. The van der Waals surface area contributed by atoms with Crippen molar-refractivity contribution >= 4 is 22.8 Å². The van der Waals surface area contributed by atoms with E-state index < -0.39 is 6.10 Å². The summed E-state index contributed by atoms with van der Waals surface area (Å²) in [4.78, 5) is 9.55. The molecule has 0 saturated heterocycles. The number of aliphatic hydroxyl groups is 1. The average molecular weight is 366 g/mol. The van der Waals surface area contributed by atoms with Gasteiger partial charge in [0.25, 0.3) is 0 Å². The summed E-state index contributed by atoms with van der Waals surface area (Å²) in [5.41, 5.74) is 4.95. The van der Waals surface area contributed by atoms with Crippen molar-refractivity contribution in [2.24, 2.45) is 0 Å². The zero-order valence-electron chi connectivity index (χ0n) is 15.1. The van der Waals surface area contributed by atoms with Crippen LogP contribution in [0.1, 0.15) is 36.8 Å². The number of aliphatic hydroxyl groups excluding tert-OH is 1. The number of allylic oxidation sites excluding steroid dienone is 1. The molecule has 0 saturated carbocycles. The molecular formula is C21H23N3OS. The van der Waals surface area contributed by atoms with E-state index in [0.717, 1.165) is 46.1 Å². The molecule has 2 N–H and O–H groups in total. The van der Waals surface area contributed by atoms with Crippen LogP contribution in [-0.4, -0.2) is 15.1 Å². The Labute approximate surface area is 158 Å². The molecule has 0 spiro atoms. The molecule has 2 aromatic heterocycles. The number of aromatic nitrogens is 2. The van der Waals surface area contributed by atoms with Crippen LogP contribution in [0.3, 0.4) is 0 Å². The maximum absolute atomic E-state index is 9.68. The van der Waals surface area contributed by atoms with Crippen LogP contribution >= 0.6 is 11.3 Å². The SMILES string of the molecule is C=CCc1c(CC)nc(-c2ccsc2)nc1Nc1ccc(C(C)O)cc1. The van der Waals surface area contributed by atoms with E-state index in [1.54, 1.807) is 18.3 Å². The van der Waals surface area contributed by atoms with Gasteiger partial charge in [-0.15, -0.1) is 6.58 Å². The van der Waals surface area contributed by atoms with E-state index in [2.05, 4.69) is 24.2 Å². The second-order valence-electron chi connectivity index (χ2n) is 6.10. The highest BCUT2D eigenvalue weighted by Crippen LogP contribution is 2.28. The van der Waals surface area contributed by atoms with Crippen LogP contribution < -0.4 is 5.32 Å². The Hall–Kier alpha value is -2.50. The fraction of sp³-hybridized carbons (Fsp3) is 0.238. The first-order valence-electron chi connectivity index (χ1n) is 8.70. The van der Waals surface area contributed by atoms with Crippen molar-refractivity contribution in [3.05, 3.63) is 70.6 Å². The minimum absolute atomic E-state index is 0.476. The van der Waals surface area contributed by atoms with Crippen LogP contribution in [0.15, 0.2) is 53.7 Å². The summed E-state index contributed by atoms with van der Waals surface area (Å²) in [5.74, 6) is 1.54. The predicted molar refractivity (Wildman–Crippen MR) is 109 cm³/mol. The van der Waals surface area contributed by atoms with Gasteiger partial charge in [-0.2, -0.15) is 11.3 Å². The van der Waals surface area contributed by atoms with Gasteiger partial charge in [0.15, 0.2) is 5.82 Å². The monoisotopic (exact) mass is 365 g/mol. The van der Waals surface area contributed by atoms with Gasteiger partial charge in [-0.25, -0.2) is 9.97 Å². The van der Waals surface area contributed by atoms with Crippen molar-refractivity contribution in [3.8, 4) is 11.4 Å². The largest absolute Gasteiger partial charge is 0.389 e. The lowest BCUT2D eigenvalue weighted by molar-refractivity contribution is 0.199. The number of hydrogen-bond donors (Lipinski definition) is 2. The lowest BCUT2D eigenvalue weighted by atomic mass is 10.1. The molecule has 0 amide bonds. The molecule has 0 aliphatic heterocycles. The molecule has 0 fully saturated rings. The Morgan fingerprint density at radius 1 is 1.23 bits per heavy atom. The molecule has 1 unspecified atom stereocenters. The number of nitrogens with zero attached hydrogens (tertiary/aromatic N) is 2. The summed E-state index contributed by atoms with van der Waals surface area (Å²) >= 11 is 1.64. The summed E-state index contributed by atoms with van der Waals surface area (Å²) in [6, 6.07) is 9.78. The normalized spacial score (nSPS) is 12.0. The highest BCUT2D eigenvalue weighted by molar-refractivity contribution is 7.08. The predicted octanol–water partition coefficient (Wildman–Crippen LogP) is 5.29. The second kappa shape index (κ2) is 8.25. The van der Waals surface area contributed by atoms with Crippen molar-refractivity contribution in [3.63, 3.8) is 0 Å². The van der Waals surface area contributed by atoms with E-state index >= 15 is 0 Å². The molecule has 1 aromatic carbocycles. The number of benzene rings is 1. The molecule has 0 aliphatic carbocycles. The molecular weight excluding hydrogens is 342 g/mol. The lowest BCUT2D eigenvalue weighted by Crippen LogP contribution is -2.07. The topological polar surface area (TPSA) is 58.0 Å². The smallest absolute Gasteiger partial charge is 0.162 e. The second-order valence-corrected chi connectivity index (χ2v) is 6.88. The van der Waals surface area contributed by atoms with Crippen molar-refractivity contribution in [1.82, 2.24) is 9.97 Å². The third kappa shape index (κ3) is 4.00. The molecule has 26 heavy (non-hydrogen) atoms. The van der Waals surface area contributed by atoms with E-state index in [1.807, 2.05) is 41.8 Å². The number of hydrogen-bond acceptors (Lipinski definition) is 5. The number of rotatable bonds is 7. The van der Waals surface area contributed by atoms with Gasteiger partial charge in [-0.1, -0.05) is 25.1 Å². The van der Waals surface area contributed by atoms with Crippen LogP contribution in [-0.2, 0) is 12.8 Å². The Bertz CT molecular complexity index is 871. The van der Waals surface area contributed by atoms with Crippen LogP contribution in [0.2, 0.25) is 0 Å². The molecule has 134 valence electrons. The van der Waals surface area contributed by atoms with Gasteiger partial charge in [-0.3, -0.25) is 0 Å². The summed E-state index contributed by atoms with van der Waals surface area (Å²) < 4.78 is 0. The maximum atomic E-state index is 9.68. The standard InChI is InChI=1S/C21H23N3OS/c1-4-6-18-19(5-2)23-20(16-11-12-26-13-16)24-21(18)22-17-9-7-15(8-10-17)14(3)25/h4,7-14,25H,1,5-6H2,2-3H3,(H,22,23,24). The summed E-state index contributed by atoms with van der Waals surface area (Å²) in [7, 11) is 0. The lowest BCUT2D eigenvalue weighted by Gasteiger charge is -2.15. The first-order chi connectivity index (χ1) is 12.6. The van der Waals surface area contributed by atoms with Gasteiger partial charge >= 0.3 is 0 Å². The molecule has 4 nitrogen and oxygen atoms in total. The van der Waals surface area contributed by atoms with Gasteiger partial charge in [0, 0.05) is 27.9 Å². The molecule has 0 radical (unpaired) electrons. The van der Waals surface area contributed by atoms with E-state index in [1.165, 1.54) is 0 Å². The van der Waals surface area contributed by atoms with Gasteiger partial charge < -0.3 is 10.4 Å². The van der Waals surface area contributed by atoms with Gasteiger partial charge in [0.1, 0.15) is 5.82 Å². The van der Waals surface area contributed by atoms with Crippen LogP contribution in [0.4, 0.5) is 11.5 Å². The summed E-state index contributed by atoms with van der Waals surface area (Å²) in [6.45, 7) is 7.74. The minimum Gasteiger partial charge on any atom is -0.389 e. The number of anilines is 2. The molecule has 3 aromatic rings. The first kappa shape index (κ1) is 18.3. The fourth-order valence-electron chi connectivity index (χ4n) is 2.79. The van der Waals surface area contributed by atoms with Crippen molar-refractivity contribution in [1.29, 1.82) is 0 Å². The molecule has 3 rings (SSSR count). The third-order valence-electron chi connectivity index (χ3n) is 4.21. The Morgan fingerprint density at radius 3 is 2.58 bits per heavy atom. The zero-order chi connectivity index (χ0) is 18.5. The van der Waals surface area contributed by atoms with E-state index in [9.17, 15) is 5.11 Å². The van der Waals surface area contributed by atoms with Gasteiger partial charge in [-0.05, 0) is 48.9 Å². The average Bonchev–Trinajstić information content (AvgIpc) is 3.18. The third-order valence-corrected chi connectivity index (χ3v) is 4.89. The van der Waals surface area contributed by atoms with E-state index in [4.69, 9.17) is 9.97 Å². The van der Waals surface area contributed by atoms with Crippen molar-refractivity contribution in [2.75, 3.05) is 5.32 Å².